The van der Waals surface area contributed by atoms with Gasteiger partial charge in [-0.25, -0.2) is 9.97 Å². The van der Waals surface area contributed by atoms with E-state index in [0.717, 1.165) is 33.3 Å². The Bertz CT molecular complexity index is 707. The number of nitrogens with zero attached hydrogens (tertiary/aromatic N) is 2. The van der Waals surface area contributed by atoms with E-state index in [9.17, 15) is 0 Å². The minimum Gasteiger partial charge on any atom is -0.479 e. The third kappa shape index (κ3) is 1.82. The lowest BCUT2D eigenvalue weighted by Gasteiger charge is -2.25. The standard InChI is InChI=1S/C14H11N3OS/c1-2-6-11-9(4-1)16-8-12(18-11)14-17-10-5-3-7-15-13(10)19-14/h1-7,12,16H,8H2. The quantitative estimate of drug-likeness (QED) is 0.736. The van der Waals surface area contributed by atoms with Crippen LogP contribution >= 0.6 is 11.3 Å². The zero-order valence-electron chi connectivity index (χ0n) is 10.0. The lowest BCUT2D eigenvalue weighted by atomic mass is 10.2. The number of nitrogens with one attached hydrogen (secondary N) is 1. The molecular formula is C14H11N3OS. The van der Waals surface area contributed by atoms with Gasteiger partial charge < -0.3 is 10.1 Å². The molecule has 1 aromatic carbocycles. The van der Waals surface area contributed by atoms with E-state index < -0.39 is 0 Å². The van der Waals surface area contributed by atoms with Crippen molar-refractivity contribution in [2.75, 3.05) is 11.9 Å². The van der Waals surface area contributed by atoms with Crippen molar-refractivity contribution < 1.29 is 4.74 Å². The van der Waals surface area contributed by atoms with Gasteiger partial charge in [0.15, 0.2) is 6.10 Å². The van der Waals surface area contributed by atoms with E-state index in [2.05, 4.69) is 15.3 Å². The van der Waals surface area contributed by atoms with Crippen LogP contribution in [0.3, 0.4) is 0 Å². The first-order valence-corrected chi connectivity index (χ1v) is 6.93. The molecule has 0 fully saturated rings. The summed E-state index contributed by atoms with van der Waals surface area (Å²) in [5.41, 5.74) is 1.97. The maximum Gasteiger partial charge on any atom is 0.167 e. The molecule has 0 spiro atoms. The third-order valence-corrected chi connectivity index (χ3v) is 4.16. The molecule has 19 heavy (non-hydrogen) atoms. The van der Waals surface area contributed by atoms with Crippen molar-refractivity contribution in [2.24, 2.45) is 0 Å². The minimum atomic E-state index is -0.0471. The second-order valence-corrected chi connectivity index (χ2v) is 5.37. The molecule has 0 saturated carbocycles. The van der Waals surface area contributed by atoms with Gasteiger partial charge in [-0.2, -0.15) is 0 Å². The number of aromatic nitrogens is 2. The van der Waals surface area contributed by atoms with Gasteiger partial charge in [-0.15, -0.1) is 0 Å². The van der Waals surface area contributed by atoms with E-state index in [1.165, 1.54) is 0 Å². The molecule has 0 bridgehead atoms. The van der Waals surface area contributed by atoms with Crippen LogP contribution in [0.15, 0.2) is 42.6 Å². The first-order valence-electron chi connectivity index (χ1n) is 6.11. The topological polar surface area (TPSA) is 47.0 Å². The second-order valence-electron chi connectivity index (χ2n) is 4.36. The van der Waals surface area contributed by atoms with E-state index in [1.54, 1.807) is 17.5 Å². The fourth-order valence-electron chi connectivity index (χ4n) is 2.18. The van der Waals surface area contributed by atoms with Gasteiger partial charge in [-0.3, -0.25) is 0 Å². The normalized spacial score (nSPS) is 17.6. The zero-order chi connectivity index (χ0) is 12.7. The molecule has 4 rings (SSSR count). The molecule has 94 valence electrons. The van der Waals surface area contributed by atoms with E-state index >= 15 is 0 Å². The van der Waals surface area contributed by atoms with Crippen LogP contribution in [0.25, 0.3) is 10.3 Å². The number of hydrogen-bond donors (Lipinski definition) is 1. The van der Waals surface area contributed by atoms with Gasteiger partial charge in [0.2, 0.25) is 0 Å². The molecule has 1 unspecified atom stereocenters. The summed E-state index contributed by atoms with van der Waals surface area (Å²) in [5.74, 6) is 0.881. The molecule has 1 aliphatic heterocycles. The summed E-state index contributed by atoms with van der Waals surface area (Å²) in [6, 6.07) is 11.8. The Morgan fingerprint density at radius 2 is 2.16 bits per heavy atom. The highest BCUT2D eigenvalue weighted by molar-refractivity contribution is 7.18. The summed E-state index contributed by atoms with van der Waals surface area (Å²) in [6.07, 6.45) is 1.74. The monoisotopic (exact) mass is 269 g/mol. The Morgan fingerprint density at radius 1 is 1.21 bits per heavy atom. The molecule has 4 nitrogen and oxygen atoms in total. The van der Waals surface area contributed by atoms with Crippen molar-refractivity contribution in [1.82, 2.24) is 9.97 Å². The number of thiazole rings is 1. The zero-order valence-corrected chi connectivity index (χ0v) is 10.9. The smallest absolute Gasteiger partial charge is 0.167 e. The molecule has 1 atom stereocenters. The van der Waals surface area contributed by atoms with Crippen molar-refractivity contribution in [1.29, 1.82) is 0 Å². The van der Waals surface area contributed by atoms with Gasteiger partial charge >= 0.3 is 0 Å². The fourth-order valence-corrected chi connectivity index (χ4v) is 3.11. The van der Waals surface area contributed by atoms with Gasteiger partial charge in [-0.05, 0) is 24.3 Å². The third-order valence-electron chi connectivity index (χ3n) is 3.09. The van der Waals surface area contributed by atoms with Crippen molar-refractivity contribution in [3.63, 3.8) is 0 Å². The molecule has 0 amide bonds. The molecule has 0 saturated heterocycles. The molecule has 3 aromatic rings. The highest BCUT2D eigenvalue weighted by Gasteiger charge is 2.23. The molecule has 0 radical (unpaired) electrons. The van der Waals surface area contributed by atoms with Crippen LogP contribution in [0, 0.1) is 0 Å². The summed E-state index contributed by atoms with van der Waals surface area (Å²) < 4.78 is 6.01. The summed E-state index contributed by atoms with van der Waals surface area (Å²) in [5, 5.41) is 4.35. The lowest BCUT2D eigenvalue weighted by molar-refractivity contribution is 0.210. The SMILES string of the molecule is c1ccc2c(c1)NCC(c1nc3cccnc3s1)O2. The lowest BCUT2D eigenvalue weighted by Crippen LogP contribution is -2.23. The number of benzene rings is 1. The first kappa shape index (κ1) is 10.8. The van der Waals surface area contributed by atoms with Gasteiger partial charge in [0.25, 0.3) is 0 Å². The largest absolute Gasteiger partial charge is 0.479 e. The maximum atomic E-state index is 6.01. The Kier molecular flexibility index (Phi) is 2.38. The Morgan fingerprint density at radius 3 is 3.11 bits per heavy atom. The van der Waals surface area contributed by atoms with Crippen molar-refractivity contribution in [2.45, 2.75) is 6.10 Å². The fraction of sp³-hybridized carbons (Fsp3) is 0.143. The van der Waals surface area contributed by atoms with Crippen LogP contribution in [0.2, 0.25) is 0 Å². The van der Waals surface area contributed by atoms with Gasteiger partial charge in [-0.1, -0.05) is 23.5 Å². The van der Waals surface area contributed by atoms with Crippen LogP contribution in [0.4, 0.5) is 5.69 Å². The van der Waals surface area contributed by atoms with Gasteiger partial charge in [0.05, 0.1) is 12.2 Å². The van der Waals surface area contributed by atoms with Crippen molar-refractivity contribution >= 4 is 27.4 Å². The highest BCUT2D eigenvalue weighted by atomic mass is 32.1. The number of para-hydroxylation sites is 2. The van der Waals surface area contributed by atoms with E-state index in [-0.39, 0.29) is 6.10 Å². The maximum absolute atomic E-state index is 6.01. The Balaban J connectivity index is 1.70. The highest BCUT2D eigenvalue weighted by Crippen LogP contribution is 2.35. The van der Waals surface area contributed by atoms with Gasteiger partial charge in [0, 0.05) is 6.20 Å². The van der Waals surface area contributed by atoms with Crippen molar-refractivity contribution in [3.8, 4) is 5.75 Å². The molecule has 2 aromatic heterocycles. The number of ether oxygens (including phenoxy) is 1. The summed E-state index contributed by atoms with van der Waals surface area (Å²) >= 11 is 1.59. The van der Waals surface area contributed by atoms with Crippen LogP contribution < -0.4 is 10.1 Å². The molecule has 0 aliphatic carbocycles. The molecule has 1 aliphatic rings. The van der Waals surface area contributed by atoms with Gasteiger partial charge in [0.1, 0.15) is 21.1 Å². The van der Waals surface area contributed by atoms with Crippen LogP contribution in [0.5, 0.6) is 5.75 Å². The average Bonchev–Trinajstić information content (AvgIpc) is 2.90. The Hall–Kier alpha value is -2.14. The number of anilines is 1. The number of hydrogen-bond acceptors (Lipinski definition) is 5. The van der Waals surface area contributed by atoms with E-state index in [0.29, 0.717) is 0 Å². The summed E-state index contributed by atoms with van der Waals surface area (Å²) in [7, 11) is 0. The molecule has 3 heterocycles. The van der Waals surface area contributed by atoms with Crippen LogP contribution in [-0.4, -0.2) is 16.5 Å². The molecule has 1 N–H and O–H groups in total. The average molecular weight is 269 g/mol. The number of pyridine rings is 1. The number of rotatable bonds is 1. The predicted molar refractivity (Wildman–Crippen MR) is 75.7 cm³/mol. The predicted octanol–water partition coefficient (Wildman–Crippen LogP) is 3.24. The van der Waals surface area contributed by atoms with Crippen molar-refractivity contribution in [3.05, 3.63) is 47.6 Å². The van der Waals surface area contributed by atoms with Crippen LogP contribution in [-0.2, 0) is 0 Å². The molecular weight excluding hydrogens is 258 g/mol. The summed E-state index contributed by atoms with van der Waals surface area (Å²) in [6.45, 7) is 0.733. The molecule has 5 heteroatoms. The second kappa shape index (κ2) is 4.20. The van der Waals surface area contributed by atoms with Crippen LogP contribution in [0.1, 0.15) is 11.1 Å². The van der Waals surface area contributed by atoms with E-state index in [1.807, 2.05) is 36.4 Å². The Labute approximate surface area is 114 Å². The van der Waals surface area contributed by atoms with E-state index in [4.69, 9.17) is 4.74 Å². The minimum absolute atomic E-state index is 0.0471. The first-order chi connectivity index (χ1) is 9.40. The number of fused-ring (bicyclic) bond motifs is 2. The summed E-state index contributed by atoms with van der Waals surface area (Å²) in [4.78, 5) is 9.88.